The van der Waals surface area contributed by atoms with Gasteiger partial charge in [-0.3, -0.25) is 4.79 Å². The fourth-order valence-electron chi connectivity index (χ4n) is 1.86. The molecule has 2 rings (SSSR count). The van der Waals surface area contributed by atoms with Gasteiger partial charge in [-0.25, -0.2) is 4.39 Å². The highest BCUT2D eigenvalue weighted by Crippen LogP contribution is 2.10. The van der Waals surface area contributed by atoms with Gasteiger partial charge < -0.3 is 20.1 Å². The van der Waals surface area contributed by atoms with E-state index in [9.17, 15) is 9.18 Å². The Labute approximate surface area is 117 Å². The quantitative estimate of drug-likeness (QED) is 0.754. The van der Waals surface area contributed by atoms with Crippen LogP contribution in [0.1, 0.15) is 6.42 Å². The molecule has 1 amide bonds. The summed E-state index contributed by atoms with van der Waals surface area (Å²) in [4.78, 5) is 11.7. The summed E-state index contributed by atoms with van der Waals surface area (Å²) in [6.07, 6.45) is 0.691. The molecule has 1 aromatic rings. The largest absolute Gasteiger partial charge is 0.494 e. The first-order valence-corrected chi connectivity index (χ1v) is 6.73. The monoisotopic (exact) mass is 282 g/mol. The average molecular weight is 282 g/mol. The van der Waals surface area contributed by atoms with Gasteiger partial charge in [0.2, 0.25) is 5.91 Å². The maximum atomic E-state index is 12.7. The molecule has 1 aliphatic heterocycles. The summed E-state index contributed by atoms with van der Waals surface area (Å²) in [7, 11) is 0. The van der Waals surface area contributed by atoms with E-state index in [1.54, 1.807) is 12.1 Å². The van der Waals surface area contributed by atoms with E-state index in [0.29, 0.717) is 45.1 Å². The van der Waals surface area contributed by atoms with Crippen molar-refractivity contribution in [3.63, 3.8) is 0 Å². The molecule has 0 saturated carbocycles. The summed E-state index contributed by atoms with van der Waals surface area (Å²) in [5, 5.41) is 5.91. The molecule has 20 heavy (non-hydrogen) atoms. The van der Waals surface area contributed by atoms with Crippen LogP contribution in [-0.2, 0) is 9.53 Å². The fraction of sp³-hybridized carbons (Fsp3) is 0.500. The Bertz CT molecular complexity index is 419. The van der Waals surface area contributed by atoms with Crippen LogP contribution in [-0.4, -0.2) is 44.9 Å². The van der Waals surface area contributed by atoms with E-state index in [1.165, 1.54) is 12.1 Å². The van der Waals surface area contributed by atoms with Gasteiger partial charge in [-0.15, -0.1) is 0 Å². The van der Waals surface area contributed by atoms with Gasteiger partial charge in [0.15, 0.2) is 0 Å². The van der Waals surface area contributed by atoms with Crippen molar-refractivity contribution in [3.05, 3.63) is 30.1 Å². The lowest BCUT2D eigenvalue weighted by atomic mass is 10.2. The van der Waals surface area contributed by atoms with Crippen LogP contribution in [0.3, 0.4) is 0 Å². The number of carbonyl (C=O) groups excluding carboxylic acids is 1. The lowest BCUT2D eigenvalue weighted by Gasteiger charge is -2.22. The third kappa shape index (κ3) is 4.79. The summed E-state index contributed by atoms with van der Waals surface area (Å²) in [6.45, 7) is 2.78. The fourth-order valence-corrected chi connectivity index (χ4v) is 1.86. The minimum absolute atomic E-state index is 0.0496. The Morgan fingerprint density at radius 3 is 2.95 bits per heavy atom. The average Bonchev–Trinajstić information content (AvgIpc) is 2.49. The molecular weight excluding hydrogens is 263 g/mol. The second kappa shape index (κ2) is 7.81. The molecule has 1 aliphatic rings. The first kappa shape index (κ1) is 14.7. The van der Waals surface area contributed by atoms with Crippen LogP contribution in [0.2, 0.25) is 0 Å². The first-order chi connectivity index (χ1) is 9.75. The minimum Gasteiger partial charge on any atom is -0.494 e. The highest BCUT2D eigenvalue weighted by molar-refractivity contribution is 5.81. The standard InChI is InChI=1S/C14H19FN2O3/c15-11-2-4-12(5-3-11)20-8-1-6-17-14(18)13-10-19-9-7-16-13/h2-5,13,16H,1,6-10H2,(H,17,18). The molecule has 2 N–H and O–H groups in total. The number of hydrogen-bond acceptors (Lipinski definition) is 4. The minimum atomic E-state index is -0.285. The van der Waals surface area contributed by atoms with Gasteiger partial charge in [0.05, 0.1) is 19.8 Å². The topological polar surface area (TPSA) is 59.6 Å². The Balaban J connectivity index is 1.57. The Hall–Kier alpha value is -1.66. The van der Waals surface area contributed by atoms with Crippen molar-refractivity contribution in [1.82, 2.24) is 10.6 Å². The van der Waals surface area contributed by atoms with E-state index in [-0.39, 0.29) is 17.8 Å². The van der Waals surface area contributed by atoms with Crippen molar-refractivity contribution in [1.29, 1.82) is 0 Å². The number of halogens is 1. The summed E-state index contributed by atoms with van der Waals surface area (Å²) in [5.41, 5.74) is 0. The van der Waals surface area contributed by atoms with E-state index in [0.717, 1.165) is 0 Å². The lowest BCUT2D eigenvalue weighted by Crippen LogP contribution is -2.51. The van der Waals surface area contributed by atoms with Crippen LogP contribution in [0, 0.1) is 5.82 Å². The number of amides is 1. The van der Waals surface area contributed by atoms with E-state index < -0.39 is 0 Å². The summed E-state index contributed by atoms with van der Waals surface area (Å²) >= 11 is 0. The zero-order valence-electron chi connectivity index (χ0n) is 11.2. The highest BCUT2D eigenvalue weighted by atomic mass is 19.1. The molecule has 1 aromatic carbocycles. The van der Waals surface area contributed by atoms with Crippen LogP contribution >= 0.6 is 0 Å². The number of hydrogen-bond donors (Lipinski definition) is 2. The zero-order chi connectivity index (χ0) is 14.2. The van der Waals surface area contributed by atoms with Crippen LogP contribution in [0.25, 0.3) is 0 Å². The van der Waals surface area contributed by atoms with E-state index in [4.69, 9.17) is 9.47 Å². The van der Waals surface area contributed by atoms with Crippen molar-refractivity contribution < 1.29 is 18.7 Å². The molecular formula is C14H19FN2O3. The summed E-state index contributed by atoms with van der Waals surface area (Å²) in [6, 6.07) is 5.60. The third-order valence-electron chi connectivity index (χ3n) is 2.94. The number of benzene rings is 1. The van der Waals surface area contributed by atoms with E-state index in [2.05, 4.69) is 10.6 Å². The maximum Gasteiger partial charge on any atom is 0.239 e. The molecule has 6 heteroatoms. The molecule has 1 atom stereocenters. The van der Waals surface area contributed by atoms with Gasteiger partial charge in [-0.1, -0.05) is 0 Å². The van der Waals surface area contributed by atoms with Crippen LogP contribution in [0.15, 0.2) is 24.3 Å². The molecule has 1 saturated heterocycles. The predicted octanol–water partition coefficient (Wildman–Crippen LogP) is 0.699. The highest BCUT2D eigenvalue weighted by Gasteiger charge is 2.20. The Morgan fingerprint density at radius 1 is 1.45 bits per heavy atom. The number of nitrogens with one attached hydrogen (secondary N) is 2. The molecule has 110 valence electrons. The predicted molar refractivity (Wildman–Crippen MR) is 72.1 cm³/mol. The molecule has 0 bridgehead atoms. The van der Waals surface area contributed by atoms with Gasteiger partial charge in [0.25, 0.3) is 0 Å². The van der Waals surface area contributed by atoms with Crippen molar-refractivity contribution in [2.75, 3.05) is 32.9 Å². The lowest BCUT2D eigenvalue weighted by molar-refractivity contribution is -0.125. The SMILES string of the molecule is O=C(NCCCOc1ccc(F)cc1)C1COCCN1. The Morgan fingerprint density at radius 2 is 2.25 bits per heavy atom. The zero-order valence-corrected chi connectivity index (χ0v) is 11.2. The van der Waals surface area contributed by atoms with Gasteiger partial charge in [-0.2, -0.15) is 0 Å². The molecule has 1 fully saturated rings. The Kier molecular flexibility index (Phi) is 5.76. The van der Waals surface area contributed by atoms with Crippen molar-refractivity contribution >= 4 is 5.91 Å². The summed E-state index contributed by atoms with van der Waals surface area (Å²) < 4.78 is 23.3. The van der Waals surface area contributed by atoms with Gasteiger partial charge in [-0.05, 0) is 30.7 Å². The normalized spacial score (nSPS) is 18.6. The number of ether oxygens (including phenoxy) is 2. The van der Waals surface area contributed by atoms with Crippen LogP contribution in [0.4, 0.5) is 4.39 Å². The van der Waals surface area contributed by atoms with Crippen LogP contribution < -0.4 is 15.4 Å². The van der Waals surface area contributed by atoms with E-state index >= 15 is 0 Å². The molecule has 0 aliphatic carbocycles. The van der Waals surface area contributed by atoms with Gasteiger partial charge in [0.1, 0.15) is 17.6 Å². The smallest absolute Gasteiger partial charge is 0.239 e. The first-order valence-electron chi connectivity index (χ1n) is 6.73. The van der Waals surface area contributed by atoms with E-state index in [1.807, 2.05) is 0 Å². The molecule has 0 radical (unpaired) electrons. The van der Waals surface area contributed by atoms with Crippen molar-refractivity contribution in [3.8, 4) is 5.75 Å². The van der Waals surface area contributed by atoms with Crippen LogP contribution in [0.5, 0.6) is 5.75 Å². The second-order valence-corrected chi connectivity index (χ2v) is 4.53. The molecule has 5 nitrogen and oxygen atoms in total. The van der Waals surface area contributed by atoms with Crippen molar-refractivity contribution in [2.24, 2.45) is 0 Å². The number of morpholine rings is 1. The third-order valence-corrected chi connectivity index (χ3v) is 2.94. The van der Waals surface area contributed by atoms with Crippen molar-refractivity contribution in [2.45, 2.75) is 12.5 Å². The number of carbonyl (C=O) groups is 1. The molecule has 0 spiro atoms. The van der Waals surface area contributed by atoms with Gasteiger partial charge in [0, 0.05) is 13.1 Å². The molecule has 0 aromatic heterocycles. The second-order valence-electron chi connectivity index (χ2n) is 4.53. The number of rotatable bonds is 6. The molecule has 1 heterocycles. The molecule has 1 unspecified atom stereocenters. The summed E-state index contributed by atoms with van der Waals surface area (Å²) in [5.74, 6) is 0.290. The maximum absolute atomic E-state index is 12.7. The van der Waals surface area contributed by atoms with Gasteiger partial charge >= 0.3 is 0 Å².